The molecule has 0 saturated carbocycles. The fourth-order valence-electron chi connectivity index (χ4n) is 3.56. The molecule has 1 aliphatic heterocycles. The molecule has 0 spiro atoms. The summed E-state index contributed by atoms with van der Waals surface area (Å²) in [4.78, 5) is 23.7. The number of hydrogen-bond donors (Lipinski definition) is 1. The minimum atomic E-state index is 0.153. The number of H-pyrrole nitrogens is 1. The number of carbonyl (C=O) groups excluding carboxylic acids is 1. The highest BCUT2D eigenvalue weighted by Gasteiger charge is 2.26. The maximum Gasteiger partial charge on any atom is 0.242 e. The number of imidazole rings is 1. The largest absolute Gasteiger partial charge is 0.340 e. The van der Waals surface area contributed by atoms with E-state index in [4.69, 9.17) is 0 Å². The molecule has 1 aliphatic rings. The van der Waals surface area contributed by atoms with Gasteiger partial charge in [0.05, 0.1) is 6.20 Å². The number of nitrogens with zero attached hydrogens (tertiary/aromatic N) is 5. The first-order valence-electron chi connectivity index (χ1n) is 8.82. The summed E-state index contributed by atoms with van der Waals surface area (Å²) in [6.45, 7) is 3.96. The lowest BCUT2D eigenvalue weighted by atomic mass is 9.94. The van der Waals surface area contributed by atoms with Crippen molar-refractivity contribution in [3.05, 3.63) is 42.2 Å². The number of amides is 1. The van der Waals surface area contributed by atoms with E-state index in [1.807, 2.05) is 21.7 Å². The van der Waals surface area contributed by atoms with Crippen LogP contribution in [0, 0.1) is 0 Å². The van der Waals surface area contributed by atoms with E-state index >= 15 is 0 Å². The first-order chi connectivity index (χ1) is 12.2. The van der Waals surface area contributed by atoms with Gasteiger partial charge in [-0.25, -0.2) is 9.97 Å². The number of piperidine rings is 1. The van der Waals surface area contributed by atoms with Gasteiger partial charge in [0.25, 0.3) is 0 Å². The zero-order chi connectivity index (χ0) is 17.2. The summed E-state index contributed by atoms with van der Waals surface area (Å²) in [5.41, 5.74) is 1.85. The van der Waals surface area contributed by atoms with Gasteiger partial charge in [0.1, 0.15) is 12.4 Å². The summed E-state index contributed by atoms with van der Waals surface area (Å²) in [7, 11) is 0. The van der Waals surface area contributed by atoms with Crippen molar-refractivity contribution < 1.29 is 4.79 Å². The Morgan fingerprint density at radius 2 is 2.32 bits per heavy atom. The van der Waals surface area contributed by atoms with Gasteiger partial charge < -0.3 is 9.47 Å². The molecule has 1 fully saturated rings. The first kappa shape index (κ1) is 15.8. The predicted molar refractivity (Wildman–Crippen MR) is 94.0 cm³/mol. The summed E-state index contributed by atoms with van der Waals surface area (Å²) in [6, 6.07) is 4.10. The molecule has 0 aliphatic carbocycles. The van der Waals surface area contributed by atoms with Gasteiger partial charge in [-0.1, -0.05) is 6.92 Å². The van der Waals surface area contributed by atoms with Crippen LogP contribution in [0.15, 0.2) is 30.7 Å². The van der Waals surface area contributed by atoms with Crippen molar-refractivity contribution in [3.8, 4) is 0 Å². The molecule has 3 aromatic rings. The third kappa shape index (κ3) is 3.14. The zero-order valence-electron chi connectivity index (χ0n) is 14.4. The molecule has 1 saturated heterocycles. The van der Waals surface area contributed by atoms with Gasteiger partial charge in [0, 0.05) is 48.9 Å². The summed E-state index contributed by atoms with van der Waals surface area (Å²) < 4.78 is 1.95. The standard InChI is InChI=1S/C18H22N6O/c1-2-16-19-7-9-23(16)12-17(25)24-8-3-4-14(11-24)15-6-5-13-10-20-22-18(13)21-15/h5-7,9-10,14H,2-4,8,11-12H2,1H3,(H,20,21,22). The normalized spacial score (nSPS) is 18.0. The number of aryl methyl sites for hydroxylation is 1. The van der Waals surface area contributed by atoms with Gasteiger partial charge in [-0.05, 0) is 25.0 Å². The van der Waals surface area contributed by atoms with Crippen molar-refractivity contribution in [2.75, 3.05) is 13.1 Å². The van der Waals surface area contributed by atoms with Crippen LogP contribution in [0.1, 0.15) is 37.2 Å². The van der Waals surface area contributed by atoms with Gasteiger partial charge in [-0.2, -0.15) is 5.10 Å². The van der Waals surface area contributed by atoms with E-state index in [1.165, 1.54) is 0 Å². The Labute approximate surface area is 146 Å². The van der Waals surface area contributed by atoms with Gasteiger partial charge in [-0.3, -0.25) is 9.89 Å². The number of pyridine rings is 1. The molecule has 0 radical (unpaired) electrons. The van der Waals surface area contributed by atoms with E-state index in [0.717, 1.165) is 54.9 Å². The average molecular weight is 338 g/mol. The Bertz CT molecular complexity index is 882. The van der Waals surface area contributed by atoms with Crippen molar-refractivity contribution in [3.63, 3.8) is 0 Å². The number of hydrogen-bond acceptors (Lipinski definition) is 4. The molecule has 4 heterocycles. The van der Waals surface area contributed by atoms with Gasteiger partial charge >= 0.3 is 0 Å². The van der Waals surface area contributed by atoms with E-state index in [9.17, 15) is 4.79 Å². The van der Waals surface area contributed by atoms with Crippen LogP contribution < -0.4 is 0 Å². The highest BCUT2D eigenvalue weighted by Crippen LogP contribution is 2.27. The Kier molecular flexibility index (Phi) is 4.21. The number of aromatic nitrogens is 5. The maximum absolute atomic E-state index is 12.7. The third-order valence-corrected chi connectivity index (χ3v) is 4.94. The van der Waals surface area contributed by atoms with Gasteiger partial charge in [0.2, 0.25) is 5.91 Å². The van der Waals surface area contributed by atoms with Crippen LogP contribution in [0.25, 0.3) is 11.0 Å². The number of fused-ring (bicyclic) bond motifs is 1. The molecule has 1 unspecified atom stereocenters. The molecular weight excluding hydrogens is 316 g/mol. The molecule has 7 nitrogen and oxygen atoms in total. The first-order valence-corrected chi connectivity index (χ1v) is 8.82. The molecule has 130 valence electrons. The summed E-state index contributed by atoms with van der Waals surface area (Å²) >= 11 is 0. The summed E-state index contributed by atoms with van der Waals surface area (Å²) in [5, 5.41) is 7.97. The molecule has 4 rings (SSSR count). The Morgan fingerprint density at radius 1 is 1.40 bits per heavy atom. The van der Waals surface area contributed by atoms with Gasteiger partial charge in [-0.15, -0.1) is 0 Å². The van der Waals surface area contributed by atoms with E-state index in [0.29, 0.717) is 6.54 Å². The second kappa shape index (κ2) is 6.66. The van der Waals surface area contributed by atoms with E-state index in [-0.39, 0.29) is 11.8 Å². The third-order valence-electron chi connectivity index (χ3n) is 4.94. The number of rotatable bonds is 4. The summed E-state index contributed by atoms with van der Waals surface area (Å²) in [6.07, 6.45) is 8.31. The second-order valence-corrected chi connectivity index (χ2v) is 6.55. The van der Waals surface area contributed by atoms with Crippen molar-refractivity contribution in [1.82, 2.24) is 29.6 Å². The molecule has 1 N–H and O–H groups in total. The van der Waals surface area contributed by atoms with E-state index in [2.05, 4.69) is 33.2 Å². The molecule has 0 aromatic carbocycles. The second-order valence-electron chi connectivity index (χ2n) is 6.55. The molecular formula is C18H22N6O. The lowest BCUT2D eigenvalue weighted by Crippen LogP contribution is -2.41. The molecule has 3 aromatic heterocycles. The Balaban J connectivity index is 1.47. The quantitative estimate of drug-likeness (QED) is 0.790. The van der Waals surface area contributed by atoms with Crippen LogP contribution in [0.5, 0.6) is 0 Å². The lowest BCUT2D eigenvalue weighted by Gasteiger charge is -2.32. The predicted octanol–water partition coefficient (Wildman–Crippen LogP) is 2.12. The van der Waals surface area contributed by atoms with Crippen molar-refractivity contribution in [2.45, 2.75) is 38.6 Å². The minimum Gasteiger partial charge on any atom is -0.340 e. The molecule has 0 bridgehead atoms. The van der Waals surface area contributed by atoms with Crippen LogP contribution in [-0.4, -0.2) is 48.6 Å². The monoisotopic (exact) mass is 338 g/mol. The smallest absolute Gasteiger partial charge is 0.242 e. The number of likely N-dealkylation sites (tertiary alicyclic amines) is 1. The minimum absolute atomic E-state index is 0.153. The fourth-order valence-corrected chi connectivity index (χ4v) is 3.56. The van der Waals surface area contributed by atoms with Crippen LogP contribution in [0.2, 0.25) is 0 Å². The molecule has 1 amide bonds. The molecule has 25 heavy (non-hydrogen) atoms. The maximum atomic E-state index is 12.7. The summed E-state index contributed by atoms with van der Waals surface area (Å²) in [5.74, 6) is 1.38. The topological polar surface area (TPSA) is 79.7 Å². The van der Waals surface area contributed by atoms with E-state index in [1.54, 1.807) is 12.4 Å². The Hall–Kier alpha value is -2.70. The lowest BCUT2D eigenvalue weighted by molar-refractivity contribution is -0.133. The van der Waals surface area contributed by atoms with Crippen molar-refractivity contribution in [2.24, 2.45) is 0 Å². The number of aromatic amines is 1. The highest BCUT2D eigenvalue weighted by atomic mass is 16.2. The SMILES string of the molecule is CCc1nccn1CC(=O)N1CCCC(c2ccc3cn[nH]c3n2)C1. The van der Waals surface area contributed by atoms with Crippen molar-refractivity contribution in [1.29, 1.82) is 0 Å². The fraction of sp³-hybridized carbons (Fsp3) is 0.444. The number of carbonyl (C=O) groups is 1. The average Bonchev–Trinajstić information content (AvgIpc) is 3.29. The van der Waals surface area contributed by atoms with Gasteiger partial charge in [0.15, 0.2) is 5.65 Å². The number of nitrogens with one attached hydrogen (secondary N) is 1. The van der Waals surface area contributed by atoms with Crippen LogP contribution in [0.4, 0.5) is 0 Å². The molecule has 7 heteroatoms. The Morgan fingerprint density at radius 3 is 3.20 bits per heavy atom. The highest BCUT2D eigenvalue weighted by molar-refractivity contribution is 5.76. The van der Waals surface area contributed by atoms with E-state index < -0.39 is 0 Å². The van der Waals surface area contributed by atoms with Crippen LogP contribution in [0.3, 0.4) is 0 Å². The van der Waals surface area contributed by atoms with Crippen LogP contribution >= 0.6 is 0 Å². The van der Waals surface area contributed by atoms with Crippen LogP contribution in [-0.2, 0) is 17.8 Å². The van der Waals surface area contributed by atoms with Crippen molar-refractivity contribution >= 4 is 16.9 Å². The molecule has 1 atom stereocenters. The zero-order valence-corrected chi connectivity index (χ0v) is 14.4.